The minimum Gasteiger partial charge on any atom is -0.367 e. The molecule has 1 amide bonds. The van der Waals surface area contributed by atoms with Crippen LogP contribution in [0.15, 0.2) is 42.6 Å². The number of aryl methyl sites for hydroxylation is 2. The van der Waals surface area contributed by atoms with E-state index in [0.29, 0.717) is 6.54 Å². The molecule has 6 nitrogen and oxygen atoms in total. The van der Waals surface area contributed by atoms with Crippen molar-refractivity contribution in [3.63, 3.8) is 0 Å². The Labute approximate surface area is 153 Å². The van der Waals surface area contributed by atoms with Crippen molar-refractivity contribution in [3.8, 4) is 0 Å². The normalized spacial score (nSPS) is 14.8. The van der Waals surface area contributed by atoms with Crippen LogP contribution in [0.25, 0.3) is 10.9 Å². The molecule has 4 rings (SSSR count). The van der Waals surface area contributed by atoms with Crippen molar-refractivity contribution >= 4 is 22.5 Å². The van der Waals surface area contributed by atoms with Gasteiger partial charge in [0.2, 0.25) is 5.91 Å². The van der Waals surface area contributed by atoms with Gasteiger partial charge in [-0.1, -0.05) is 18.2 Å². The van der Waals surface area contributed by atoms with E-state index in [-0.39, 0.29) is 5.91 Å². The highest BCUT2D eigenvalue weighted by Crippen LogP contribution is 2.26. The molecule has 2 aromatic heterocycles. The number of hydrogen-bond acceptors (Lipinski definition) is 4. The molecule has 1 aromatic carbocycles. The Kier molecular flexibility index (Phi) is 4.32. The highest BCUT2D eigenvalue weighted by Gasteiger charge is 2.23. The number of piperazine rings is 1. The number of benzene rings is 1. The van der Waals surface area contributed by atoms with Crippen LogP contribution in [-0.4, -0.2) is 51.8 Å². The lowest BCUT2D eigenvalue weighted by molar-refractivity contribution is -0.132. The van der Waals surface area contributed by atoms with E-state index in [4.69, 9.17) is 0 Å². The summed E-state index contributed by atoms with van der Waals surface area (Å²) in [6, 6.07) is 12.3. The largest absolute Gasteiger partial charge is 0.367 e. The zero-order valence-corrected chi connectivity index (χ0v) is 15.2. The lowest BCUT2D eigenvalue weighted by Crippen LogP contribution is -2.49. The first kappa shape index (κ1) is 16.6. The molecule has 1 saturated heterocycles. The summed E-state index contributed by atoms with van der Waals surface area (Å²) in [6.45, 7) is 7.38. The van der Waals surface area contributed by atoms with E-state index in [2.05, 4.69) is 27.1 Å². The van der Waals surface area contributed by atoms with Crippen LogP contribution in [0.4, 0.5) is 5.69 Å². The van der Waals surface area contributed by atoms with Crippen LogP contribution in [0.2, 0.25) is 0 Å². The summed E-state index contributed by atoms with van der Waals surface area (Å²) in [5.41, 5.74) is 4.18. The van der Waals surface area contributed by atoms with E-state index >= 15 is 0 Å². The first-order valence-electron chi connectivity index (χ1n) is 8.99. The SMILES string of the molecule is Cc1cc(C)n(CC(=O)N2CCN(c3ccnc4ccccc34)CC2)n1. The van der Waals surface area contributed by atoms with Crippen LogP contribution >= 0.6 is 0 Å². The maximum atomic E-state index is 12.6. The third-order valence-corrected chi connectivity index (χ3v) is 4.99. The number of hydrogen-bond donors (Lipinski definition) is 0. The fourth-order valence-corrected chi connectivity index (χ4v) is 3.62. The molecule has 0 unspecified atom stereocenters. The van der Waals surface area contributed by atoms with Gasteiger partial charge in [0.25, 0.3) is 0 Å². The average molecular weight is 349 g/mol. The van der Waals surface area contributed by atoms with Crippen LogP contribution in [0.5, 0.6) is 0 Å². The number of nitrogens with zero attached hydrogens (tertiary/aromatic N) is 5. The van der Waals surface area contributed by atoms with Crippen molar-refractivity contribution < 1.29 is 4.79 Å². The second-order valence-electron chi connectivity index (χ2n) is 6.80. The minimum atomic E-state index is 0.135. The number of carbonyl (C=O) groups excluding carboxylic acids is 1. The number of aromatic nitrogens is 3. The molecule has 0 radical (unpaired) electrons. The van der Waals surface area contributed by atoms with E-state index in [9.17, 15) is 4.79 Å². The van der Waals surface area contributed by atoms with Crippen molar-refractivity contribution in [2.24, 2.45) is 0 Å². The maximum Gasteiger partial charge on any atom is 0.244 e. The van der Waals surface area contributed by atoms with Gasteiger partial charge in [0, 0.05) is 49.1 Å². The summed E-state index contributed by atoms with van der Waals surface area (Å²) in [5, 5.41) is 5.56. The molecule has 134 valence electrons. The van der Waals surface area contributed by atoms with E-state index in [1.54, 1.807) is 4.68 Å². The van der Waals surface area contributed by atoms with Crippen LogP contribution in [0.1, 0.15) is 11.4 Å². The standard InChI is InChI=1S/C20H23N5O/c1-15-13-16(2)25(22-15)14-20(26)24-11-9-23(10-12-24)19-7-8-21-18-6-4-3-5-17(18)19/h3-8,13H,9-12,14H2,1-2H3. The van der Waals surface area contributed by atoms with Gasteiger partial charge in [-0.15, -0.1) is 0 Å². The molecule has 0 spiro atoms. The third-order valence-electron chi connectivity index (χ3n) is 4.99. The van der Waals surface area contributed by atoms with Gasteiger partial charge in [0.15, 0.2) is 0 Å². The Morgan fingerprint density at radius 1 is 1.08 bits per heavy atom. The van der Waals surface area contributed by atoms with Crippen LogP contribution in [-0.2, 0) is 11.3 Å². The molecule has 0 N–H and O–H groups in total. The smallest absolute Gasteiger partial charge is 0.244 e. The molecule has 1 aliphatic heterocycles. The predicted molar refractivity (Wildman–Crippen MR) is 102 cm³/mol. The summed E-state index contributed by atoms with van der Waals surface area (Å²) >= 11 is 0. The Morgan fingerprint density at radius 2 is 1.85 bits per heavy atom. The van der Waals surface area contributed by atoms with Crippen molar-refractivity contribution in [1.82, 2.24) is 19.7 Å². The summed E-state index contributed by atoms with van der Waals surface area (Å²) in [4.78, 5) is 21.3. The quantitative estimate of drug-likeness (QED) is 0.729. The molecular formula is C20H23N5O. The lowest BCUT2D eigenvalue weighted by Gasteiger charge is -2.36. The Balaban J connectivity index is 1.44. The van der Waals surface area contributed by atoms with Gasteiger partial charge < -0.3 is 9.80 Å². The van der Waals surface area contributed by atoms with Crippen LogP contribution < -0.4 is 4.90 Å². The first-order valence-corrected chi connectivity index (χ1v) is 8.99. The summed E-state index contributed by atoms with van der Waals surface area (Å²) in [6.07, 6.45) is 1.86. The predicted octanol–water partition coefficient (Wildman–Crippen LogP) is 2.40. The summed E-state index contributed by atoms with van der Waals surface area (Å²) < 4.78 is 1.79. The fourth-order valence-electron chi connectivity index (χ4n) is 3.62. The van der Waals surface area contributed by atoms with E-state index in [1.165, 1.54) is 5.69 Å². The number of carbonyl (C=O) groups is 1. The number of fused-ring (bicyclic) bond motifs is 1. The number of rotatable bonds is 3. The van der Waals surface area contributed by atoms with Gasteiger partial charge in [-0.05, 0) is 32.0 Å². The summed E-state index contributed by atoms with van der Waals surface area (Å²) in [7, 11) is 0. The third kappa shape index (κ3) is 3.14. The lowest BCUT2D eigenvalue weighted by atomic mass is 10.1. The molecule has 0 atom stereocenters. The monoisotopic (exact) mass is 349 g/mol. The highest BCUT2D eigenvalue weighted by atomic mass is 16.2. The van der Waals surface area contributed by atoms with Gasteiger partial charge in [-0.25, -0.2) is 0 Å². The average Bonchev–Trinajstić information content (AvgIpc) is 2.98. The van der Waals surface area contributed by atoms with Crippen molar-refractivity contribution in [2.75, 3.05) is 31.1 Å². The molecule has 1 fully saturated rings. The van der Waals surface area contributed by atoms with Crippen molar-refractivity contribution in [2.45, 2.75) is 20.4 Å². The van der Waals surface area contributed by atoms with Gasteiger partial charge in [-0.3, -0.25) is 14.5 Å². The van der Waals surface area contributed by atoms with E-state index in [1.807, 2.05) is 49.2 Å². The molecule has 0 saturated carbocycles. The van der Waals surface area contributed by atoms with Crippen LogP contribution in [0, 0.1) is 13.8 Å². The number of anilines is 1. The Morgan fingerprint density at radius 3 is 2.58 bits per heavy atom. The molecule has 3 aromatic rings. The van der Waals surface area contributed by atoms with E-state index < -0.39 is 0 Å². The Hall–Kier alpha value is -2.89. The second kappa shape index (κ2) is 6.78. The Bertz CT molecular complexity index is 935. The summed E-state index contributed by atoms with van der Waals surface area (Å²) in [5.74, 6) is 0.135. The molecule has 26 heavy (non-hydrogen) atoms. The molecule has 1 aliphatic rings. The van der Waals surface area contributed by atoms with Crippen LogP contribution in [0.3, 0.4) is 0 Å². The van der Waals surface area contributed by atoms with Crippen molar-refractivity contribution in [1.29, 1.82) is 0 Å². The minimum absolute atomic E-state index is 0.135. The number of pyridine rings is 1. The molecule has 3 heterocycles. The number of amides is 1. The van der Waals surface area contributed by atoms with Gasteiger partial charge in [-0.2, -0.15) is 5.10 Å². The van der Waals surface area contributed by atoms with Gasteiger partial charge >= 0.3 is 0 Å². The maximum absolute atomic E-state index is 12.6. The zero-order chi connectivity index (χ0) is 18.1. The molecular weight excluding hydrogens is 326 g/mol. The molecule has 0 aliphatic carbocycles. The zero-order valence-electron chi connectivity index (χ0n) is 15.2. The fraction of sp³-hybridized carbons (Fsp3) is 0.350. The van der Waals surface area contributed by atoms with E-state index in [0.717, 1.165) is 48.5 Å². The first-order chi connectivity index (χ1) is 12.6. The van der Waals surface area contributed by atoms with Crippen molar-refractivity contribution in [3.05, 3.63) is 54.0 Å². The second-order valence-corrected chi connectivity index (χ2v) is 6.80. The highest BCUT2D eigenvalue weighted by molar-refractivity contribution is 5.91. The van der Waals surface area contributed by atoms with Gasteiger partial charge in [0.1, 0.15) is 6.54 Å². The van der Waals surface area contributed by atoms with Gasteiger partial charge in [0.05, 0.1) is 11.2 Å². The topological polar surface area (TPSA) is 54.3 Å². The molecule has 0 bridgehead atoms. The number of para-hydroxylation sites is 1. The molecule has 6 heteroatoms.